The molecule has 1 aliphatic heterocycles. The molecule has 2 aromatic carbocycles. The second-order valence-corrected chi connectivity index (χ2v) is 5.29. The van der Waals surface area contributed by atoms with Crippen LogP contribution < -0.4 is 0 Å². The molecule has 0 saturated heterocycles. The Bertz CT molecular complexity index is 678. The maximum absolute atomic E-state index is 12.5. The van der Waals surface area contributed by atoms with Crippen LogP contribution in [0, 0.1) is 0 Å². The van der Waals surface area contributed by atoms with Crippen LogP contribution in [0.1, 0.15) is 29.3 Å². The van der Waals surface area contributed by atoms with Crippen molar-refractivity contribution in [2.75, 3.05) is 0 Å². The fourth-order valence-electron chi connectivity index (χ4n) is 2.41. The van der Waals surface area contributed by atoms with E-state index in [1.807, 2.05) is 36.4 Å². The molecule has 4 heteroatoms. The molecule has 0 aromatic heterocycles. The second-order valence-electron chi connectivity index (χ2n) is 5.29. The molecule has 1 atom stereocenters. The van der Waals surface area contributed by atoms with Crippen molar-refractivity contribution in [3.63, 3.8) is 0 Å². The van der Waals surface area contributed by atoms with E-state index in [2.05, 4.69) is 5.10 Å². The number of nitrogens with zero attached hydrogens (tertiary/aromatic N) is 2. The van der Waals surface area contributed by atoms with E-state index in [0.29, 0.717) is 17.7 Å². The van der Waals surface area contributed by atoms with E-state index < -0.39 is 5.72 Å². The molecule has 0 spiro atoms. The van der Waals surface area contributed by atoms with E-state index in [4.69, 9.17) is 0 Å². The third kappa shape index (κ3) is 2.58. The van der Waals surface area contributed by atoms with Crippen LogP contribution in [0.2, 0.25) is 0 Å². The molecule has 2 aromatic rings. The van der Waals surface area contributed by atoms with Crippen molar-refractivity contribution < 1.29 is 9.90 Å². The van der Waals surface area contributed by atoms with Gasteiger partial charge in [-0.2, -0.15) is 10.1 Å². The minimum Gasteiger partial charge on any atom is -0.369 e. The lowest BCUT2D eigenvalue weighted by Crippen LogP contribution is -2.43. The molecule has 0 bridgehead atoms. The highest BCUT2D eigenvalue weighted by Crippen LogP contribution is 2.29. The first-order valence-corrected chi connectivity index (χ1v) is 6.83. The number of carbonyl (C=O) groups excluding carboxylic acids is 1. The summed E-state index contributed by atoms with van der Waals surface area (Å²) in [5.74, 6) is -0.300. The number of rotatable bonds is 2. The van der Waals surface area contributed by atoms with Gasteiger partial charge in [0.25, 0.3) is 5.91 Å². The Hall–Kier alpha value is -2.46. The average Bonchev–Trinajstić information content (AvgIpc) is 2.84. The van der Waals surface area contributed by atoms with Crippen molar-refractivity contribution in [2.45, 2.75) is 19.1 Å². The topological polar surface area (TPSA) is 52.9 Å². The zero-order chi connectivity index (χ0) is 14.9. The third-order valence-electron chi connectivity index (χ3n) is 3.50. The van der Waals surface area contributed by atoms with Gasteiger partial charge in [-0.25, -0.2) is 0 Å². The Labute approximate surface area is 123 Å². The molecule has 1 amide bonds. The molecule has 1 heterocycles. The van der Waals surface area contributed by atoms with Crippen molar-refractivity contribution >= 4 is 11.6 Å². The first kappa shape index (κ1) is 13.5. The smallest absolute Gasteiger partial charge is 0.276 e. The van der Waals surface area contributed by atoms with Crippen LogP contribution in [0.5, 0.6) is 0 Å². The number of benzene rings is 2. The van der Waals surface area contributed by atoms with Crippen LogP contribution >= 0.6 is 0 Å². The lowest BCUT2D eigenvalue weighted by Gasteiger charge is -2.26. The lowest BCUT2D eigenvalue weighted by atomic mass is 10.0. The van der Waals surface area contributed by atoms with Crippen LogP contribution in [0.25, 0.3) is 0 Å². The van der Waals surface area contributed by atoms with E-state index in [1.54, 1.807) is 31.2 Å². The van der Waals surface area contributed by atoms with E-state index in [1.165, 1.54) is 5.01 Å². The summed E-state index contributed by atoms with van der Waals surface area (Å²) >= 11 is 0. The van der Waals surface area contributed by atoms with Crippen molar-refractivity contribution in [1.82, 2.24) is 5.01 Å². The van der Waals surface area contributed by atoms with Crippen LogP contribution in [-0.4, -0.2) is 27.5 Å². The van der Waals surface area contributed by atoms with Gasteiger partial charge in [0.15, 0.2) is 5.72 Å². The number of hydrogen-bond acceptors (Lipinski definition) is 3. The number of hydrazone groups is 1. The molecule has 0 radical (unpaired) electrons. The predicted octanol–water partition coefficient (Wildman–Crippen LogP) is 2.65. The molecule has 0 aliphatic carbocycles. The van der Waals surface area contributed by atoms with Crippen LogP contribution in [0.15, 0.2) is 65.8 Å². The second kappa shape index (κ2) is 5.14. The Kier molecular flexibility index (Phi) is 3.31. The number of amides is 1. The van der Waals surface area contributed by atoms with E-state index in [0.717, 1.165) is 5.56 Å². The molecule has 1 aliphatic rings. The summed E-state index contributed by atoms with van der Waals surface area (Å²) in [6.45, 7) is 1.60. The molecule has 0 fully saturated rings. The van der Waals surface area contributed by atoms with Gasteiger partial charge in [-0.3, -0.25) is 4.79 Å². The third-order valence-corrected chi connectivity index (χ3v) is 3.50. The van der Waals surface area contributed by atoms with Crippen LogP contribution in [0.3, 0.4) is 0 Å². The summed E-state index contributed by atoms with van der Waals surface area (Å²) in [6.07, 6.45) is 0.315. The molecule has 21 heavy (non-hydrogen) atoms. The Morgan fingerprint density at radius 3 is 2.29 bits per heavy atom. The van der Waals surface area contributed by atoms with E-state index in [-0.39, 0.29) is 5.91 Å². The molecule has 0 saturated carbocycles. The zero-order valence-electron chi connectivity index (χ0n) is 11.7. The highest BCUT2D eigenvalue weighted by molar-refractivity contribution is 6.05. The standard InChI is InChI=1S/C17H16N2O2/c1-17(21)12-15(13-8-4-2-5-9-13)18-19(17)16(20)14-10-6-3-7-11-14/h2-11,21H,12H2,1H3. The predicted molar refractivity (Wildman–Crippen MR) is 80.8 cm³/mol. The van der Waals surface area contributed by atoms with Crippen molar-refractivity contribution in [3.05, 3.63) is 71.8 Å². The maximum atomic E-state index is 12.5. The number of hydrogen-bond donors (Lipinski definition) is 1. The SMILES string of the molecule is CC1(O)CC(c2ccccc2)=NN1C(=O)c1ccccc1. The largest absolute Gasteiger partial charge is 0.369 e. The molecular formula is C17H16N2O2. The van der Waals surface area contributed by atoms with Gasteiger partial charge < -0.3 is 5.11 Å². The summed E-state index contributed by atoms with van der Waals surface area (Å²) in [6, 6.07) is 18.4. The van der Waals surface area contributed by atoms with Gasteiger partial charge in [-0.1, -0.05) is 48.5 Å². The first-order chi connectivity index (χ1) is 10.1. The minimum absolute atomic E-state index is 0.300. The molecule has 1 unspecified atom stereocenters. The molecule has 106 valence electrons. The maximum Gasteiger partial charge on any atom is 0.276 e. The minimum atomic E-state index is -1.31. The Morgan fingerprint density at radius 2 is 1.67 bits per heavy atom. The van der Waals surface area contributed by atoms with Crippen molar-refractivity contribution in [2.24, 2.45) is 5.10 Å². The first-order valence-electron chi connectivity index (χ1n) is 6.83. The fraction of sp³-hybridized carbons (Fsp3) is 0.176. The number of carbonyl (C=O) groups is 1. The van der Waals surface area contributed by atoms with Gasteiger partial charge in [0.05, 0.1) is 5.71 Å². The van der Waals surface area contributed by atoms with Gasteiger partial charge in [0.2, 0.25) is 0 Å². The van der Waals surface area contributed by atoms with E-state index in [9.17, 15) is 9.90 Å². The summed E-state index contributed by atoms with van der Waals surface area (Å²) in [5, 5.41) is 16.0. The summed E-state index contributed by atoms with van der Waals surface area (Å²) in [5.41, 5.74) is 0.833. The van der Waals surface area contributed by atoms with Gasteiger partial charge >= 0.3 is 0 Å². The van der Waals surface area contributed by atoms with Gasteiger partial charge in [-0.05, 0) is 24.6 Å². The number of aliphatic hydroxyl groups is 1. The van der Waals surface area contributed by atoms with Gasteiger partial charge in [0, 0.05) is 12.0 Å². The highest BCUT2D eigenvalue weighted by Gasteiger charge is 2.40. The van der Waals surface area contributed by atoms with Gasteiger partial charge in [0.1, 0.15) is 0 Å². The highest BCUT2D eigenvalue weighted by atomic mass is 16.3. The van der Waals surface area contributed by atoms with Gasteiger partial charge in [-0.15, -0.1) is 0 Å². The molecule has 3 rings (SSSR count). The Balaban J connectivity index is 1.94. The Morgan fingerprint density at radius 1 is 1.10 bits per heavy atom. The van der Waals surface area contributed by atoms with Crippen LogP contribution in [0.4, 0.5) is 0 Å². The lowest BCUT2D eigenvalue weighted by molar-refractivity contribution is -0.0553. The summed E-state index contributed by atoms with van der Waals surface area (Å²) in [4.78, 5) is 12.5. The molecule has 1 N–H and O–H groups in total. The quantitative estimate of drug-likeness (QED) is 0.919. The zero-order valence-corrected chi connectivity index (χ0v) is 11.7. The summed E-state index contributed by atoms with van der Waals surface area (Å²) in [7, 11) is 0. The fourth-order valence-corrected chi connectivity index (χ4v) is 2.41. The molecular weight excluding hydrogens is 264 g/mol. The monoisotopic (exact) mass is 280 g/mol. The molecule has 4 nitrogen and oxygen atoms in total. The van der Waals surface area contributed by atoms with Crippen molar-refractivity contribution in [3.8, 4) is 0 Å². The van der Waals surface area contributed by atoms with E-state index >= 15 is 0 Å². The van der Waals surface area contributed by atoms with Crippen LogP contribution in [-0.2, 0) is 0 Å². The summed E-state index contributed by atoms with van der Waals surface area (Å²) < 4.78 is 0. The normalized spacial score (nSPS) is 21.2. The van der Waals surface area contributed by atoms with Crippen molar-refractivity contribution in [1.29, 1.82) is 0 Å². The average molecular weight is 280 g/mol.